The summed E-state index contributed by atoms with van der Waals surface area (Å²) >= 11 is 0. The lowest BCUT2D eigenvalue weighted by Gasteiger charge is -2.32. The van der Waals surface area contributed by atoms with Gasteiger partial charge in [-0.25, -0.2) is 18.2 Å². The van der Waals surface area contributed by atoms with Gasteiger partial charge in [0.2, 0.25) is 5.91 Å². The fourth-order valence-electron chi connectivity index (χ4n) is 4.44. The average Bonchev–Trinajstić information content (AvgIpc) is 3.26. The molecule has 0 N–H and O–H groups in total. The Labute approximate surface area is 184 Å². The number of hydroxylamine groups is 2. The van der Waals surface area contributed by atoms with E-state index < -0.39 is 23.5 Å². The second-order valence-electron chi connectivity index (χ2n) is 8.32. The molecular weight excluding hydrogens is 421 g/mol. The highest BCUT2D eigenvalue weighted by Gasteiger charge is 2.37. The highest BCUT2D eigenvalue weighted by atomic mass is 19.1. The molecule has 1 saturated heterocycles. The third kappa shape index (κ3) is 5.05. The Kier molecular flexibility index (Phi) is 6.66. The second kappa shape index (κ2) is 9.61. The lowest BCUT2D eigenvalue weighted by Crippen LogP contribution is -2.37. The van der Waals surface area contributed by atoms with Crippen molar-refractivity contribution in [2.45, 2.75) is 38.1 Å². The molecule has 2 aromatic carbocycles. The molecule has 5 nitrogen and oxygen atoms in total. The van der Waals surface area contributed by atoms with E-state index in [-0.39, 0.29) is 23.3 Å². The maximum Gasteiger partial charge on any atom is 0.249 e. The molecule has 1 aliphatic carbocycles. The Morgan fingerprint density at radius 2 is 1.69 bits per heavy atom. The van der Waals surface area contributed by atoms with Crippen LogP contribution < -0.4 is 4.74 Å². The molecule has 1 atom stereocenters. The zero-order valence-electron chi connectivity index (χ0n) is 17.4. The molecule has 1 aliphatic heterocycles. The number of amides is 1. The Balaban J connectivity index is 1.32. The van der Waals surface area contributed by atoms with Gasteiger partial charge in [0.05, 0.1) is 30.9 Å². The topological polar surface area (TPSA) is 62.6 Å². The van der Waals surface area contributed by atoms with Crippen LogP contribution in [-0.4, -0.2) is 24.2 Å². The molecule has 32 heavy (non-hydrogen) atoms. The molecule has 2 aromatic rings. The highest BCUT2D eigenvalue weighted by Crippen LogP contribution is 2.36. The minimum absolute atomic E-state index is 0.166. The summed E-state index contributed by atoms with van der Waals surface area (Å²) < 4.78 is 46.5. The monoisotopic (exact) mass is 444 g/mol. The van der Waals surface area contributed by atoms with Gasteiger partial charge in [-0.15, -0.1) is 0 Å². The second-order valence-corrected chi connectivity index (χ2v) is 8.32. The zero-order valence-corrected chi connectivity index (χ0v) is 17.4. The van der Waals surface area contributed by atoms with Crippen molar-refractivity contribution in [3.8, 4) is 11.8 Å². The Hall–Kier alpha value is -3.05. The number of halogens is 3. The van der Waals surface area contributed by atoms with Crippen molar-refractivity contribution in [3.63, 3.8) is 0 Å². The normalized spacial score (nSPS) is 23.1. The molecule has 1 heterocycles. The quantitative estimate of drug-likeness (QED) is 0.646. The number of hydrogen-bond donors (Lipinski definition) is 0. The van der Waals surface area contributed by atoms with E-state index in [1.807, 2.05) is 6.07 Å². The van der Waals surface area contributed by atoms with Crippen LogP contribution in [0, 0.1) is 40.6 Å². The van der Waals surface area contributed by atoms with Crippen LogP contribution in [0.4, 0.5) is 13.2 Å². The summed E-state index contributed by atoms with van der Waals surface area (Å²) in [5, 5.41) is 10.2. The molecule has 0 spiro atoms. The number of nitrogens with zero attached hydrogens (tertiary/aromatic N) is 2. The number of carbonyl (C=O) groups is 1. The van der Waals surface area contributed by atoms with E-state index in [0.29, 0.717) is 43.8 Å². The van der Waals surface area contributed by atoms with Gasteiger partial charge in [0.25, 0.3) is 0 Å². The third-order valence-electron chi connectivity index (χ3n) is 6.07. The standard InChI is InChI=1S/C24H23F3N2O3/c25-19-7-16(13-28)8-22(12-19)31-14-15-1-3-17(4-2-15)24(30)29-23(5-6-32-29)18-9-20(26)11-21(27)10-18/h7-12,15,17,23H,1-6,14H2/t15-,17+,23-/m0/s1. The largest absolute Gasteiger partial charge is 0.493 e. The smallest absolute Gasteiger partial charge is 0.249 e. The van der Waals surface area contributed by atoms with Gasteiger partial charge in [-0.3, -0.25) is 9.63 Å². The van der Waals surface area contributed by atoms with E-state index in [4.69, 9.17) is 14.8 Å². The average molecular weight is 444 g/mol. The van der Waals surface area contributed by atoms with Crippen LogP contribution in [0.25, 0.3) is 0 Å². The number of rotatable bonds is 5. The van der Waals surface area contributed by atoms with Crippen LogP contribution in [0.1, 0.15) is 49.3 Å². The SMILES string of the molecule is N#Cc1cc(F)cc(OC[C@H]2CC[C@@H](C(=O)N3OCC[C@H]3c3cc(F)cc(F)c3)CC2)c1. The van der Waals surface area contributed by atoms with E-state index in [2.05, 4.69) is 0 Å². The van der Waals surface area contributed by atoms with Crippen LogP contribution in [-0.2, 0) is 9.63 Å². The Morgan fingerprint density at radius 3 is 2.38 bits per heavy atom. The third-order valence-corrected chi connectivity index (χ3v) is 6.07. The van der Waals surface area contributed by atoms with Gasteiger partial charge in [0.1, 0.15) is 23.2 Å². The zero-order chi connectivity index (χ0) is 22.7. The fraction of sp³-hybridized carbons (Fsp3) is 0.417. The summed E-state index contributed by atoms with van der Waals surface area (Å²) in [6.07, 6.45) is 3.27. The molecule has 0 radical (unpaired) electrons. The maximum absolute atomic E-state index is 13.6. The summed E-state index contributed by atoms with van der Waals surface area (Å²) in [5.74, 6) is -1.76. The maximum atomic E-state index is 13.6. The first-order valence-electron chi connectivity index (χ1n) is 10.7. The number of nitriles is 1. The summed E-state index contributed by atoms with van der Waals surface area (Å²) in [5.41, 5.74) is 0.593. The lowest BCUT2D eigenvalue weighted by atomic mass is 9.81. The molecule has 168 valence electrons. The number of hydrogen-bond acceptors (Lipinski definition) is 4. The van der Waals surface area contributed by atoms with E-state index in [0.717, 1.165) is 25.0 Å². The van der Waals surface area contributed by atoms with Crippen LogP contribution >= 0.6 is 0 Å². The highest BCUT2D eigenvalue weighted by molar-refractivity contribution is 5.78. The van der Waals surface area contributed by atoms with Crippen LogP contribution in [0.3, 0.4) is 0 Å². The fourth-order valence-corrected chi connectivity index (χ4v) is 4.44. The van der Waals surface area contributed by atoms with Gasteiger partial charge < -0.3 is 4.74 Å². The molecule has 4 rings (SSSR count). The van der Waals surface area contributed by atoms with Crippen LogP contribution in [0.2, 0.25) is 0 Å². The lowest BCUT2D eigenvalue weighted by molar-refractivity contribution is -0.183. The van der Waals surface area contributed by atoms with Crippen molar-refractivity contribution >= 4 is 5.91 Å². The first kappa shape index (κ1) is 22.2. The first-order valence-corrected chi connectivity index (χ1v) is 10.7. The summed E-state index contributed by atoms with van der Waals surface area (Å²) in [6, 6.07) is 8.57. The van der Waals surface area contributed by atoms with Crippen molar-refractivity contribution in [1.29, 1.82) is 5.26 Å². The Morgan fingerprint density at radius 1 is 1.00 bits per heavy atom. The van der Waals surface area contributed by atoms with Gasteiger partial charge in [-0.1, -0.05) is 0 Å². The number of ether oxygens (including phenoxy) is 1. The van der Waals surface area contributed by atoms with E-state index >= 15 is 0 Å². The molecule has 0 bridgehead atoms. The van der Waals surface area contributed by atoms with Gasteiger partial charge >= 0.3 is 0 Å². The molecule has 2 aliphatic rings. The van der Waals surface area contributed by atoms with Gasteiger partial charge in [0, 0.05) is 24.5 Å². The summed E-state index contributed by atoms with van der Waals surface area (Å²) in [4.78, 5) is 18.6. The van der Waals surface area contributed by atoms with Crippen molar-refractivity contribution in [2.75, 3.05) is 13.2 Å². The van der Waals surface area contributed by atoms with Crippen molar-refractivity contribution < 1.29 is 27.5 Å². The Bertz CT molecular complexity index is 1010. The number of carbonyl (C=O) groups excluding carboxylic acids is 1. The van der Waals surface area contributed by atoms with Gasteiger partial charge in [-0.05, 0) is 61.4 Å². The van der Waals surface area contributed by atoms with E-state index in [1.54, 1.807) is 0 Å². The summed E-state index contributed by atoms with van der Waals surface area (Å²) in [6.45, 7) is 0.691. The molecule has 1 amide bonds. The van der Waals surface area contributed by atoms with Gasteiger partial charge in [0.15, 0.2) is 0 Å². The van der Waals surface area contributed by atoms with Crippen LogP contribution in [0.5, 0.6) is 5.75 Å². The van der Waals surface area contributed by atoms with Crippen molar-refractivity contribution in [1.82, 2.24) is 5.06 Å². The molecule has 1 saturated carbocycles. The predicted molar refractivity (Wildman–Crippen MR) is 109 cm³/mol. The minimum Gasteiger partial charge on any atom is -0.493 e. The minimum atomic E-state index is -0.681. The molecule has 2 fully saturated rings. The molecule has 0 aromatic heterocycles. The van der Waals surface area contributed by atoms with E-state index in [9.17, 15) is 18.0 Å². The first-order chi connectivity index (χ1) is 15.4. The van der Waals surface area contributed by atoms with E-state index in [1.165, 1.54) is 29.3 Å². The molecule has 8 heteroatoms. The van der Waals surface area contributed by atoms with Crippen molar-refractivity contribution in [3.05, 3.63) is 65.0 Å². The summed E-state index contributed by atoms with van der Waals surface area (Å²) in [7, 11) is 0. The van der Waals surface area contributed by atoms with Gasteiger partial charge in [-0.2, -0.15) is 5.26 Å². The predicted octanol–water partition coefficient (Wildman–Crippen LogP) is 5.07. The van der Waals surface area contributed by atoms with Crippen LogP contribution in [0.15, 0.2) is 36.4 Å². The number of benzene rings is 2. The van der Waals surface area contributed by atoms with Crippen molar-refractivity contribution in [2.24, 2.45) is 11.8 Å². The molecule has 0 unspecified atom stereocenters. The molecular formula is C24H23F3N2O3.